The third-order valence-electron chi connectivity index (χ3n) is 4.61. The lowest BCUT2D eigenvalue weighted by molar-refractivity contribution is -0.136. The molecule has 0 atom stereocenters. The molecule has 2 N–H and O–H groups in total. The Balaban J connectivity index is 1.69. The first-order valence-corrected chi connectivity index (χ1v) is 11.1. The zero-order valence-electron chi connectivity index (χ0n) is 18.4. The van der Waals surface area contributed by atoms with Crippen LogP contribution in [-0.4, -0.2) is 30.6 Å². The molecule has 0 radical (unpaired) electrons. The fourth-order valence-electron chi connectivity index (χ4n) is 2.79. The predicted octanol–water partition coefficient (Wildman–Crippen LogP) is 5.35. The van der Waals surface area contributed by atoms with Gasteiger partial charge in [-0.25, -0.2) is 10.2 Å². The second kappa shape index (κ2) is 11.7. The number of carbonyl (C=O) groups excluding carboxylic acids is 3. The van der Waals surface area contributed by atoms with Crippen molar-refractivity contribution in [2.45, 2.75) is 6.92 Å². The normalized spacial score (nSPS) is 10.9. The van der Waals surface area contributed by atoms with E-state index in [1.807, 2.05) is 0 Å². The molecule has 3 aromatic rings. The number of carbonyl (C=O) groups is 3. The van der Waals surface area contributed by atoms with Gasteiger partial charge in [0.2, 0.25) is 0 Å². The molecule has 2 amide bonds. The van der Waals surface area contributed by atoms with Gasteiger partial charge in [-0.15, -0.1) is 0 Å². The van der Waals surface area contributed by atoms with Gasteiger partial charge in [-0.3, -0.25) is 9.59 Å². The summed E-state index contributed by atoms with van der Waals surface area (Å²) in [5.74, 6) is -2.24. The molecule has 0 aliphatic heterocycles. The number of hydrogen-bond donors (Lipinski definition) is 2. The Morgan fingerprint density at radius 1 is 0.857 bits per heavy atom. The van der Waals surface area contributed by atoms with E-state index in [2.05, 4.69) is 15.8 Å². The van der Waals surface area contributed by atoms with E-state index in [1.54, 1.807) is 55.5 Å². The van der Waals surface area contributed by atoms with E-state index < -0.39 is 17.8 Å². The highest BCUT2D eigenvalue weighted by Gasteiger charge is 2.18. The van der Waals surface area contributed by atoms with Gasteiger partial charge < -0.3 is 14.8 Å². The van der Waals surface area contributed by atoms with Gasteiger partial charge in [0.05, 0.1) is 39.1 Å². The molecule has 0 spiro atoms. The quantitative estimate of drug-likeness (QED) is 0.146. The van der Waals surface area contributed by atoms with E-state index in [0.717, 1.165) is 0 Å². The first kappa shape index (κ1) is 26.0. The molecule has 0 saturated carbocycles. The summed E-state index contributed by atoms with van der Waals surface area (Å²) in [6.45, 7) is 1.61. The van der Waals surface area contributed by atoms with Crippen molar-refractivity contribution in [2.75, 3.05) is 12.4 Å². The highest BCUT2D eigenvalue weighted by atomic mass is 35.5. The summed E-state index contributed by atoms with van der Waals surface area (Å²) in [6.07, 6.45) is 0. The lowest BCUT2D eigenvalue weighted by Crippen LogP contribution is -2.33. The molecule has 0 fully saturated rings. The molecule has 0 unspecified atom stereocenters. The molecule has 180 valence electrons. The van der Waals surface area contributed by atoms with Crippen LogP contribution < -0.4 is 20.2 Å². The van der Waals surface area contributed by atoms with Gasteiger partial charge >= 0.3 is 17.8 Å². The molecule has 0 aliphatic rings. The average molecular weight is 535 g/mol. The van der Waals surface area contributed by atoms with Crippen LogP contribution in [0.2, 0.25) is 15.1 Å². The van der Waals surface area contributed by atoms with Crippen LogP contribution in [0.25, 0.3) is 0 Å². The predicted molar refractivity (Wildman–Crippen MR) is 135 cm³/mol. The van der Waals surface area contributed by atoms with Crippen LogP contribution in [0.4, 0.5) is 5.69 Å². The third kappa shape index (κ3) is 6.51. The first-order valence-electron chi connectivity index (χ1n) is 9.96. The molecule has 3 rings (SSSR count). The van der Waals surface area contributed by atoms with Gasteiger partial charge in [-0.2, -0.15) is 5.10 Å². The van der Waals surface area contributed by atoms with E-state index in [1.165, 1.54) is 19.2 Å². The number of rotatable bonds is 6. The minimum Gasteiger partial charge on any atom is -0.493 e. The largest absolute Gasteiger partial charge is 0.493 e. The number of esters is 1. The van der Waals surface area contributed by atoms with E-state index in [-0.39, 0.29) is 37.8 Å². The molecule has 0 aliphatic carbocycles. The molecule has 0 aromatic heterocycles. The van der Waals surface area contributed by atoms with E-state index in [4.69, 9.17) is 44.3 Å². The van der Waals surface area contributed by atoms with Gasteiger partial charge in [0, 0.05) is 5.56 Å². The maximum absolute atomic E-state index is 12.4. The van der Waals surface area contributed by atoms with Crippen molar-refractivity contribution in [2.24, 2.45) is 5.10 Å². The number of amides is 2. The van der Waals surface area contributed by atoms with Crippen molar-refractivity contribution in [3.8, 4) is 11.5 Å². The zero-order valence-corrected chi connectivity index (χ0v) is 20.7. The van der Waals surface area contributed by atoms with Crippen molar-refractivity contribution in [3.05, 3.63) is 86.9 Å². The van der Waals surface area contributed by atoms with Crippen LogP contribution >= 0.6 is 34.8 Å². The third-order valence-corrected chi connectivity index (χ3v) is 5.76. The van der Waals surface area contributed by atoms with Crippen LogP contribution in [0.15, 0.2) is 65.8 Å². The Kier molecular flexibility index (Phi) is 8.70. The number of hydrogen-bond acceptors (Lipinski definition) is 6. The summed E-state index contributed by atoms with van der Waals surface area (Å²) >= 11 is 18.0. The molecule has 8 nitrogen and oxygen atoms in total. The van der Waals surface area contributed by atoms with Crippen molar-refractivity contribution in [1.29, 1.82) is 0 Å². The minimum absolute atomic E-state index is 0.109. The van der Waals surface area contributed by atoms with E-state index in [0.29, 0.717) is 11.3 Å². The van der Waals surface area contributed by atoms with E-state index >= 15 is 0 Å². The monoisotopic (exact) mass is 533 g/mol. The van der Waals surface area contributed by atoms with Crippen LogP contribution in [0.5, 0.6) is 11.5 Å². The van der Waals surface area contributed by atoms with Gasteiger partial charge in [-0.1, -0.05) is 53.0 Å². The van der Waals surface area contributed by atoms with Crippen LogP contribution in [-0.2, 0) is 9.59 Å². The second-order valence-corrected chi connectivity index (χ2v) is 8.12. The maximum atomic E-state index is 12.4. The molecular formula is C24H18Cl3N3O5. The number of methoxy groups -OCH3 is 1. The summed E-state index contributed by atoms with van der Waals surface area (Å²) in [5, 5.41) is 6.90. The minimum atomic E-state index is -1.02. The Morgan fingerprint density at radius 3 is 2.29 bits per heavy atom. The average Bonchev–Trinajstić information content (AvgIpc) is 2.85. The highest BCUT2D eigenvalue weighted by Crippen LogP contribution is 2.30. The zero-order chi connectivity index (χ0) is 25.5. The van der Waals surface area contributed by atoms with Gasteiger partial charge in [0.15, 0.2) is 11.5 Å². The van der Waals surface area contributed by atoms with Crippen LogP contribution in [0, 0.1) is 0 Å². The number of nitrogens with zero attached hydrogens (tertiary/aromatic N) is 1. The molecule has 11 heteroatoms. The smallest absolute Gasteiger partial charge is 0.345 e. The molecule has 0 saturated heterocycles. The van der Waals surface area contributed by atoms with Crippen molar-refractivity contribution >= 4 is 64.0 Å². The fourth-order valence-corrected chi connectivity index (χ4v) is 3.35. The van der Waals surface area contributed by atoms with Crippen molar-refractivity contribution in [1.82, 2.24) is 5.43 Å². The van der Waals surface area contributed by atoms with Gasteiger partial charge in [0.25, 0.3) is 0 Å². The highest BCUT2D eigenvalue weighted by molar-refractivity contribution is 6.45. The topological polar surface area (TPSA) is 106 Å². The first-order chi connectivity index (χ1) is 16.7. The summed E-state index contributed by atoms with van der Waals surface area (Å²) < 4.78 is 10.7. The number of ether oxygens (including phenoxy) is 2. The number of hydrazone groups is 1. The standard InChI is InChI=1S/C24H18Cl3N3O5/c1-13(29-30-23(32)22(31)28-18-9-5-8-17(26)21(18)27)14-10-11-19(20(12-14)34-2)35-24(33)15-6-3-4-7-16(15)25/h3-12H,1-2H3,(H,28,31)(H,30,32)/b29-13+. The summed E-state index contributed by atoms with van der Waals surface area (Å²) in [4.78, 5) is 36.7. The SMILES string of the molecule is COc1cc(/C(C)=N/NC(=O)C(=O)Nc2cccc(Cl)c2Cl)ccc1OC(=O)c1ccccc1Cl. The molecular weight excluding hydrogens is 517 g/mol. The Morgan fingerprint density at radius 2 is 1.57 bits per heavy atom. The fraction of sp³-hybridized carbons (Fsp3) is 0.0833. The molecule has 0 heterocycles. The second-order valence-electron chi connectivity index (χ2n) is 6.93. The van der Waals surface area contributed by atoms with Gasteiger partial charge in [-0.05, 0) is 49.4 Å². The number of anilines is 1. The summed E-state index contributed by atoms with van der Waals surface area (Å²) in [7, 11) is 1.41. The van der Waals surface area contributed by atoms with Crippen molar-refractivity contribution in [3.63, 3.8) is 0 Å². The Labute approximate surface area is 215 Å². The van der Waals surface area contributed by atoms with Gasteiger partial charge in [0.1, 0.15) is 0 Å². The van der Waals surface area contributed by atoms with Crippen LogP contribution in [0.3, 0.4) is 0 Å². The number of benzene rings is 3. The number of halogens is 3. The Hall–Kier alpha value is -3.59. The molecule has 0 bridgehead atoms. The van der Waals surface area contributed by atoms with E-state index in [9.17, 15) is 14.4 Å². The number of nitrogens with one attached hydrogen (secondary N) is 2. The molecule has 35 heavy (non-hydrogen) atoms. The maximum Gasteiger partial charge on any atom is 0.345 e. The summed E-state index contributed by atoms with van der Waals surface area (Å²) in [6, 6.07) is 15.8. The Bertz CT molecular complexity index is 1330. The lowest BCUT2D eigenvalue weighted by atomic mass is 10.1. The summed E-state index contributed by atoms with van der Waals surface area (Å²) in [5.41, 5.74) is 3.46. The lowest BCUT2D eigenvalue weighted by Gasteiger charge is -2.12. The van der Waals surface area contributed by atoms with Crippen molar-refractivity contribution < 1.29 is 23.9 Å². The van der Waals surface area contributed by atoms with Crippen LogP contribution in [0.1, 0.15) is 22.8 Å². The molecule has 3 aromatic carbocycles.